The first kappa shape index (κ1) is 21.7. The Bertz CT molecular complexity index is 1200. The van der Waals surface area contributed by atoms with Crippen molar-refractivity contribution in [2.24, 2.45) is 0 Å². The summed E-state index contributed by atoms with van der Waals surface area (Å²) < 4.78 is 8.43. The number of aromatic nitrogens is 6. The molecule has 0 aliphatic rings. The maximum Gasteiger partial charge on any atom is 0.357 e. The number of esters is 1. The average molecular weight is 451 g/mol. The minimum absolute atomic E-state index is 0.176. The van der Waals surface area contributed by atoms with Crippen LogP contribution in [0.1, 0.15) is 41.6 Å². The quantitative estimate of drug-likeness (QED) is 0.371. The molecule has 0 saturated heterocycles. The minimum Gasteiger partial charge on any atom is -0.464 e. The van der Waals surface area contributed by atoms with Crippen LogP contribution in [0.3, 0.4) is 0 Å². The first-order valence-corrected chi connectivity index (χ1v) is 10.7. The molecule has 8 nitrogen and oxygen atoms in total. The van der Waals surface area contributed by atoms with E-state index in [4.69, 9.17) is 16.3 Å². The van der Waals surface area contributed by atoms with Crippen molar-refractivity contribution >= 4 is 17.6 Å². The zero-order valence-corrected chi connectivity index (χ0v) is 18.7. The summed E-state index contributed by atoms with van der Waals surface area (Å²) in [6, 6.07) is 16.1. The number of imidazole rings is 1. The van der Waals surface area contributed by atoms with Gasteiger partial charge in [-0.1, -0.05) is 67.4 Å². The standard InChI is InChI=1S/C23H23ClN6O2/c1-3-4-9-20-26-22(24)21(23(31)32-2)29(20)14-16-10-12-17(13-11-16)18-7-5-6-8-19(18)30-15-25-27-28-30/h5-8,10-13,15H,3-4,9,14H2,1-2H3. The van der Waals surface area contributed by atoms with Crippen LogP contribution in [0.25, 0.3) is 16.8 Å². The second-order valence-electron chi connectivity index (χ2n) is 7.32. The summed E-state index contributed by atoms with van der Waals surface area (Å²) in [7, 11) is 1.35. The smallest absolute Gasteiger partial charge is 0.357 e. The van der Waals surface area contributed by atoms with Gasteiger partial charge in [-0.25, -0.2) is 9.78 Å². The minimum atomic E-state index is -0.489. The zero-order valence-electron chi connectivity index (χ0n) is 17.9. The van der Waals surface area contributed by atoms with E-state index < -0.39 is 5.97 Å². The highest BCUT2D eigenvalue weighted by Crippen LogP contribution is 2.27. The van der Waals surface area contributed by atoms with Crippen molar-refractivity contribution in [3.8, 4) is 16.8 Å². The number of hydrogen-bond acceptors (Lipinski definition) is 6. The molecule has 32 heavy (non-hydrogen) atoms. The lowest BCUT2D eigenvalue weighted by Gasteiger charge is -2.13. The SMILES string of the molecule is CCCCc1nc(Cl)c(C(=O)OC)n1Cc1ccc(-c2ccccc2-n2cnnn2)cc1. The molecule has 0 aliphatic carbocycles. The number of nitrogens with zero attached hydrogens (tertiary/aromatic N) is 6. The van der Waals surface area contributed by atoms with E-state index in [1.807, 2.05) is 53.1 Å². The molecule has 4 rings (SSSR count). The van der Waals surface area contributed by atoms with Gasteiger partial charge in [-0.05, 0) is 34.0 Å². The average Bonchev–Trinajstić information content (AvgIpc) is 3.46. The molecule has 0 N–H and O–H groups in total. The van der Waals surface area contributed by atoms with Gasteiger partial charge in [0.1, 0.15) is 12.2 Å². The maximum atomic E-state index is 12.3. The van der Waals surface area contributed by atoms with Gasteiger partial charge in [0, 0.05) is 18.5 Å². The van der Waals surface area contributed by atoms with Gasteiger partial charge in [0.2, 0.25) is 0 Å². The van der Waals surface area contributed by atoms with Gasteiger partial charge in [-0.3, -0.25) is 0 Å². The van der Waals surface area contributed by atoms with E-state index in [-0.39, 0.29) is 10.8 Å². The Labute approximate surface area is 190 Å². The summed E-state index contributed by atoms with van der Waals surface area (Å²) in [6.07, 6.45) is 4.29. The predicted molar refractivity (Wildman–Crippen MR) is 121 cm³/mol. The molecule has 0 saturated carbocycles. The van der Waals surface area contributed by atoms with Crippen molar-refractivity contribution in [2.45, 2.75) is 32.7 Å². The molecular weight excluding hydrogens is 428 g/mol. The largest absolute Gasteiger partial charge is 0.464 e. The number of tetrazole rings is 1. The second-order valence-corrected chi connectivity index (χ2v) is 7.68. The number of ether oxygens (including phenoxy) is 1. The monoisotopic (exact) mass is 450 g/mol. The summed E-state index contributed by atoms with van der Waals surface area (Å²) in [5, 5.41) is 11.6. The van der Waals surface area contributed by atoms with Crippen molar-refractivity contribution in [1.82, 2.24) is 29.8 Å². The number of rotatable bonds is 8. The Hall–Kier alpha value is -3.52. The van der Waals surface area contributed by atoms with Crippen LogP contribution in [0.4, 0.5) is 0 Å². The molecule has 2 heterocycles. The summed E-state index contributed by atoms with van der Waals surface area (Å²) in [5.41, 5.74) is 4.24. The fraction of sp³-hybridized carbons (Fsp3) is 0.261. The van der Waals surface area contributed by atoms with Crippen LogP contribution in [-0.2, 0) is 17.7 Å². The van der Waals surface area contributed by atoms with Crippen molar-refractivity contribution < 1.29 is 9.53 Å². The number of benzene rings is 2. The Morgan fingerprint density at radius 3 is 2.59 bits per heavy atom. The van der Waals surface area contributed by atoms with Crippen LogP contribution in [0.15, 0.2) is 54.9 Å². The van der Waals surface area contributed by atoms with Gasteiger partial charge >= 0.3 is 5.97 Å². The molecule has 0 radical (unpaired) electrons. The van der Waals surface area contributed by atoms with Crippen LogP contribution in [0, 0.1) is 0 Å². The fourth-order valence-corrected chi connectivity index (χ4v) is 3.89. The highest BCUT2D eigenvalue weighted by atomic mass is 35.5. The van der Waals surface area contributed by atoms with Gasteiger partial charge in [0.15, 0.2) is 10.8 Å². The van der Waals surface area contributed by atoms with Crippen molar-refractivity contribution in [1.29, 1.82) is 0 Å². The third-order valence-electron chi connectivity index (χ3n) is 5.24. The molecule has 0 unspecified atom stereocenters. The number of para-hydroxylation sites is 1. The van der Waals surface area contributed by atoms with Crippen LogP contribution >= 0.6 is 11.6 Å². The normalized spacial score (nSPS) is 11.0. The molecule has 0 atom stereocenters. The Balaban J connectivity index is 1.65. The highest BCUT2D eigenvalue weighted by Gasteiger charge is 2.22. The number of unbranched alkanes of at least 4 members (excludes halogenated alkanes) is 1. The van der Waals surface area contributed by atoms with Crippen molar-refractivity contribution in [3.05, 3.63) is 77.1 Å². The summed E-state index contributed by atoms with van der Waals surface area (Å²) in [4.78, 5) is 16.8. The van der Waals surface area contributed by atoms with Crippen LogP contribution in [0.2, 0.25) is 5.15 Å². The molecule has 0 bridgehead atoms. The number of methoxy groups -OCH3 is 1. The summed E-state index contributed by atoms with van der Waals surface area (Å²) in [5.74, 6) is 0.294. The van der Waals surface area contributed by atoms with Crippen LogP contribution < -0.4 is 0 Å². The molecule has 9 heteroatoms. The Kier molecular flexibility index (Phi) is 6.61. The molecule has 4 aromatic rings. The highest BCUT2D eigenvalue weighted by molar-refractivity contribution is 6.32. The van der Waals surface area contributed by atoms with Gasteiger partial charge < -0.3 is 9.30 Å². The van der Waals surface area contributed by atoms with E-state index in [1.54, 1.807) is 11.0 Å². The third kappa shape index (κ3) is 4.40. The third-order valence-corrected chi connectivity index (χ3v) is 5.51. The second kappa shape index (κ2) is 9.74. The molecule has 0 amide bonds. The number of hydrogen-bond donors (Lipinski definition) is 0. The van der Waals surface area contributed by atoms with E-state index in [1.165, 1.54) is 7.11 Å². The molecular formula is C23H23ClN6O2. The van der Waals surface area contributed by atoms with Crippen molar-refractivity contribution in [2.75, 3.05) is 7.11 Å². The van der Waals surface area contributed by atoms with Crippen molar-refractivity contribution in [3.63, 3.8) is 0 Å². The van der Waals surface area contributed by atoms with Gasteiger partial charge in [-0.15, -0.1) is 5.10 Å². The topological polar surface area (TPSA) is 87.7 Å². The lowest BCUT2D eigenvalue weighted by atomic mass is 10.0. The maximum absolute atomic E-state index is 12.3. The number of carbonyl (C=O) groups is 1. The summed E-state index contributed by atoms with van der Waals surface area (Å²) in [6.45, 7) is 2.58. The summed E-state index contributed by atoms with van der Waals surface area (Å²) >= 11 is 6.29. The fourth-order valence-electron chi connectivity index (χ4n) is 3.62. The van der Waals surface area contributed by atoms with Crippen LogP contribution in [0.5, 0.6) is 0 Å². The first-order valence-electron chi connectivity index (χ1n) is 10.4. The van der Waals surface area contributed by atoms with Crippen LogP contribution in [-0.4, -0.2) is 42.8 Å². The van der Waals surface area contributed by atoms with Gasteiger partial charge in [0.25, 0.3) is 0 Å². The molecule has 0 aliphatic heterocycles. The molecule has 2 aromatic carbocycles. The molecule has 0 spiro atoms. The van der Waals surface area contributed by atoms with Gasteiger partial charge in [0.05, 0.1) is 12.8 Å². The Morgan fingerprint density at radius 1 is 1.12 bits per heavy atom. The lowest BCUT2D eigenvalue weighted by molar-refractivity contribution is 0.0589. The van der Waals surface area contributed by atoms with E-state index in [0.29, 0.717) is 6.54 Å². The number of carbonyl (C=O) groups excluding carboxylic acids is 1. The van der Waals surface area contributed by atoms with E-state index >= 15 is 0 Å². The lowest BCUT2D eigenvalue weighted by Crippen LogP contribution is -2.14. The van der Waals surface area contributed by atoms with E-state index in [9.17, 15) is 4.79 Å². The van der Waals surface area contributed by atoms with Gasteiger partial charge in [-0.2, -0.15) is 4.68 Å². The Morgan fingerprint density at radius 2 is 1.91 bits per heavy atom. The van der Waals surface area contributed by atoms with E-state index in [2.05, 4.69) is 27.4 Å². The number of aryl methyl sites for hydroxylation is 1. The number of halogens is 1. The first-order chi connectivity index (χ1) is 15.6. The van der Waals surface area contributed by atoms with E-state index in [0.717, 1.165) is 47.5 Å². The molecule has 164 valence electrons. The zero-order chi connectivity index (χ0) is 22.5. The molecule has 2 aromatic heterocycles. The molecule has 0 fully saturated rings. The predicted octanol–water partition coefficient (Wildman–Crippen LogP) is 4.36.